The first-order chi connectivity index (χ1) is 12.1. The summed E-state index contributed by atoms with van der Waals surface area (Å²) in [5.74, 6) is 0.592. The average Bonchev–Trinajstić information content (AvgIpc) is 3.17. The molecule has 0 radical (unpaired) electrons. The highest BCUT2D eigenvalue weighted by Gasteiger charge is 2.54. The molecule has 6 heteroatoms. The molecule has 1 aromatic carbocycles. The highest BCUT2D eigenvalue weighted by atomic mass is 32.1. The van der Waals surface area contributed by atoms with Crippen LogP contribution in [-0.2, 0) is 16.8 Å². The number of aryl methyl sites for hydroxylation is 2. The van der Waals surface area contributed by atoms with Gasteiger partial charge in [0.2, 0.25) is 0 Å². The summed E-state index contributed by atoms with van der Waals surface area (Å²) in [6, 6.07) is 9.37. The lowest BCUT2D eigenvalue weighted by Crippen LogP contribution is -2.46. The zero-order valence-corrected chi connectivity index (χ0v) is 14.9. The predicted octanol–water partition coefficient (Wildman–Crippen LogP) is 3.22. The normalized spacial score (nSPS) is 22.2. The highest BCUT2D eigenvalue weighted by Crippen LogP contribution is 2.41. The Morgan fingerprint density at radius 3 is 2.84 bits per heavy atom. The second-order valence-electron chi connectivity index (χ2n) is 6.56. The maximum Gasteiger partial charge on any atom is 0.325 e. The van der Waals surface area contributed by atoms with Crippen LogP contribution in [0.1, 0.15) is 28.8 Å². The number of amides is 3. The molecule has 1 aliphatic carbocycles. The fourth-order valence-corrected chi connectivity index (χ4v) is 4.63. The summed E-state index contributed by atoms with van der Waals surface area (Å²) >= 11 is 1.66. The first-order valence-corrected chi connectivity index (χ1v) is 9.38. The van der Waals surface area contributed by atoms with Crippen molar-refractivity contribution >= 4 is 23.3 Å². The van der Waals surface area contributed by atoms with Crippen LogP contribution in [0.4, 0.5) is 4.79 Å². The summed E-state index contributed by atoms with van der Waals surface area (Å²) in [6.45, 7) is 2.55. The van der Waals surface area contributed by atoms with Gasteiger partial charge in [0.25, 0.3) is 5.91 Å². The van der Waals surface area contributed by atoms with E-state index < -0.39 is 5.54 Å². The Labute approximate surface area is 150 Å². The second-order valence-corrected chi connectivity index (χ2v) is 7.57. The molecule has 1 aliphatic heterocycles. The number of carbonyl (C=O) groups excluding carboxylic acids is 2. The molecule has 0 bridgehead atoms. The molecular formula is C19H20N2O3S. The summed E-state index contributed by atoms with van der Waals surface area (Å²) in [4.78, 5) is 27.9. The van der Waals surface area contributed by atoms with Crippen molar-refractivity contribution < 1.29 is 14.3 Å². The summed E-state index contributed by atoms with van der Waals surface area (Å²) in [6.07, 6.45) is 2.55. The molecule has 25 heavy (non-hydrogen) atoms. The van der Waals surface area contributed by atoms with E-state index in [4.69, 9.17) is 4.74 Å². The van der Waals surface area contributed by atoms with E-state index in [2.05, 4.69) is 5.32 Å². The molecule has 1 spiro atoms. The third-order valence-electron chi connectivity index (χ3n) is 4.94. The van der Waals surface area contributed by atoms with Crippen LogP contribution < -0.4 is 10.1 Å². The zero-order valence-electron chi connectivity index (χ0n) is 14.1. The number of hydrogen-bond donors (Lipinski definition) is 1. The highest BCUT2D eigenvalue weighted by molar-refractivity contribution is 7.10. The van der Waals surface area contributed by atoms with Gasteiger partial charge in [0.05, 0.1) is 6.54 Å². The van der Waals surface area contributed by atoms with Crippen molar-refractivity contribution in [1.82, 2.24) is 10.2 Å². The first-order valence-electron chi connectivity index (χ1n) is 8.50. The number of rotatable bonds is 4. The molecule has 1 N–H and O–H groups in total. The van der Waals surface area contributed by atoms with Crippen LogP contribution in [0.25, 0.3) is 0 Å². The number of hydrogen-bond acceptors (Lipinski definition) is 4. The van der Waals surface area contributed by atoms with Gasteiger partial charge in [-0.05, 0) is 49.8 Å². The van der Waals surface area contributed by atoms with Crippen LogP contribution in [0, 0.1) is 6.92 Å². The molecule has 1 fully saturated rings. The number of urea groups is 1. The lowest BCUT2D eigenvalue weighted by Gasteiger charge is -2.31. The van der Waals surface area contributed by atoms with Crippen molar-refractivity contribution in [3.8, 4) is 5.75 Å². The number of benzene rings is 1. The monoisotopic (exact) mass is 356 g/mol. The van der Waals surface area contributed by atoms with Gasteiger partial charge in [-0.15, -0.1) is 11.3 Å². The molecule has 0 unspecified atom stereocenters. The molecule has 5 nitrogen and oxygen atoms in total. The Bertz CT molecular complexity index is 814. The largest absolute Gasteiger partial charge is 0.492 e. The Morgan fingerprint density at radius 1 is 1.24 bits per heavy atom. The second kappa shape index (κ2) is 6.19. The minimum absolute atomic E-state index is 0.149. The van der Waals surface area contributed by atoms with Gasteiger partial charge >= 0.3 is 6.03 Å². The number of imide groups is 1. The van der Waals surface area contributed by atoms with Crippen LogP contribution in [0.15, 0.2) is 35.7 Å². The molecule has 2 heterocycles. The lowest BCUT2D eigenvalue weighted by atomic mass is 9.80. The van der Waals surface area contributed by atoms with Crippen molar-refractivity contribution in [2.24, 2.45) is 0 Å². The van der Waals surface area contributed by atoms with Gasteiger partial charge in [0, 0.05) is 10.4 Å². The van der Waals surface area contributed by atoms with Gasteiger partial charge in [-0.1, -0.05) is 17.7 Å². The van der Waals surface area contributed by atoms with E-state index in [1.807, 2.05) is 42.6 Å². The van der Waals surface area contributed by atoms with Crippen LogP contribution in [0.3, 0.4) is 0 Å². The van der Waals surface area contributed by atoms with Crippen molar-refractivity contribution in [3.63, 3.8) is 0 Å². The van der Waals surface area contributed by atoms with Gasteiger partial charge in [-0.2, -0.15) is 0 Å². The Hall–Kier alpha value is -2.34. The lowest BCUT2D eigenvalue weighted by molar-refractivity contribution is -0.132. The minimum atomic E-state index is -0.867. The maximum atomic E-state index is 13.0. The van der Waals surface area contributed by atoms with E-state index in [9.17, 15) is 9.59 Å². The van der Waals surface area contributed by atoms with E-state index in [0.29, 0.717) is 6.42 Å². The number of carbonyl (C=O) groups is 2. The van der Waals surface area contributed by atoms with E-state index in [1.54, 1.807) is 11.3 Å². The quantitative estimate of drug-likeness (QED) is 0.856. The third-order valence-corrected chi connectivity index (χ3v) is 5.92. The fraction of sp³-hybridized carbons (Fsp3) is 0.368. The van der Waals surface area contributed by atoms with Crippen molar-refractivity contribution in [2.45, 2.75) is 31.7 Å². The zero-order chi connectivity index (χ0) is 17.4. The van der Waals surface area contributed by atoms with Gasteiger partial charge in [-0.25, -0.2) is 4.79 Å². The molecule has 2 aliphatic rings. The van der Waals surface area contributed by atoms with Gasteiger partial charge in [0.1, 0.15) is 17.9 Å². The predicted molar refractivity (Wildman–Crippen MR) is 95.9 cm³/mol. The average molecular weight is 356 g/mol. The third kappa shape index (κ3) is 2.70. The molecule has 0 saturated carbocycles. The van der Waals surface area contributed by atoms with Crippen molar-refractivity contribution in [1.29, 1.82) is 0 Å². The van der Waals surface area contributed by atoms with Gasteiger partial charge in [0.15, 0.2) is 0 Å². The SMILES string of the molecule is Cc1ccc(OCCN2C(=O)N[C@]3(CCCc4sccc43)C2=O)cc1. The molecular weight excluding hydrogens is 336 g/mol. The van der Waals surface area contributed by atoms with Crippen LogP contribution in [-0.4, -0.2) is 30.0 Å². The summed E-state index contributed by atoms with van der Waals surface area (Å²) in [5.41, 5.74) is 1.27. The van der Waals surface area contributed by atoms with Crippen molar-refractivity contribution in [2.75, 3.05) is 13.2 Å². The van der Waals surface area contributed by atoms with Crippen molar-refractivity contribution in [3.05, 3.63) is 51.7 Å². The number of ether oxygens (including phenoxy) is 1. The molecule has 3 amide bonds. The van der Waals surface area contributed by atoms with Crippen LogP contribution in [0.2, 0.25) is 0 Å². The Balaban J connectivity index is 1.46. The summed E-state index contributed by atoms with van der Waals surface area (Å²) in [7, 11) is 0. The molecule has 1 aromatic heterocycles. The number of thiophene rings is 1. The van der Waals surface area contributed by atoms with Gasteiger partial charge < -0.3 is 10.1 Å². The maximum absolute atomic E-state index is 13.0. The summed E-state index contributed by atoms with van der Waals surface area (Å²) < 4.78 is 5.68. The smallest absolute Gasteiger partial charge is 0.325 e. The Kier molecular flexibility index (Phi) is 4.00. The van der Waals surface area contributed by atoms with Gasteiger partial charge in [-0.3, -0.25) is 9.69 Å². The van der Waals surface area contributed by atoms with Crippen LogP contribution >= 0.6 is 11.3 Å². The fourth-order valence-electron chi connectivity index (χ4n) is 3.63. The molecule has 130 valence electrons. The number of nitrogens with one attached hydrogen (secondary N) is 1. The molecule has 2 aromatic rings. The van der Waals surface area contributed by atoms with Crippen LogP contribution in [0.5, 0.6) is 5.75 Å². The minimum Gasteiger partial charge on any atom is -0.492 e. The molecule has 1 atom stereocenters. The molecule has 1 saturated heterocycles. The number of fused-ring (bicyclic) bond motifs is 2. The number of nitrogens with zero attached hydrogens (tertiary/aromatic N) is 1. The topological polar surface area (TPSA) is 58.6 Å². The van der Waals surface area contributed by atoms with E-state index in [-0.39, 0.29) is 25.1 Å². The first kappa shape index (κ1) is 16.1. The summed E-state index contributed by atoms with van der Waals surface area (Å²) in [5, 5.41) is 4.96. The Morgan fingerprint density at radius 2 is 2.04 bits per heavy atom. The molecule has 4 rings (SSSR count). The van der Waals surface area contributed by atoms with E-state index >= 15 is 0 Å². The van der Waals surface area contributed by atoms with E-state index in [0.717, 1.165) is 29.7 Å². The standard InChI is InChI=1S/C19H20N2O3S/c1-13-4-6-14(7-5-13)24-11-10-21-17(22)19(20-18(21)23)9-2-3-16-15(19)8-12-25-16/h4-8,12H,2-3,9-11H2,1H3,(H,20,23)/t19-/m0/s1. The van der Waals surface area contributed by atoms with E-state index in [1.165, 1.54) is 9.78 Å².